The van der Waals surface area contributed by atoms with E-state index in [0.29, 0.717) is 0 Å². The molecule has 0 spiro atoms. The minimum absolute atomic E-state index is 0. The average molecular weight is 114 g/mol. The summed E-state index contributed by atoms with van der Waals surface area (Å²) in [6, 6.07) is 0. The second-order valence-corrected chi connectivity index (χ2v) is 0.701. The predicted molar refractivity (Wildman–Crippen MR) is 25.2 cm³/mol. The third-order valence-electron chi connectivity index (χ3n) is 0.203. The molecule has 1 amide bonds. The topological polar surface area (TPSA) is 55.1 Å². The van der Waals surface area contributed by atoms with Crippen LogP contribution in [0.2, 0.25) is 0 Å². The van der Waals surface area contributed by atoms with E-state index in [1.165, 1.54) is 6.92 Å². The van der Waals surface area contributed by atoms with Gasteiger partial charge in [-0.05, 0) is 0 Å². The Morgan fingerprint density at radius 2 is 2.00 bits per heavy atom. The van der Waals surface area contributed by atoms with Gasteiger partial charge < -0.3 is 0 Å². The van der Waals surface area contributed by atoms with Gasteiger partial charge in [-0.1, -0.05) is 0 Å². The Hall–Kier alpha value is 1.07. The fourth-order valence-electron chi connectivity index (χ4n) is 0. The number of nitrogens with two attached hydrogens (primary N) is 1. The summed E-state index contributed by atoms with van der Waals surface area (Å²) < 4.78 is 0. The van der Waals surface area contributed by atoms with Crippen LogP contribution in [-0.2, 0) is 4.79 Å². The molecular weight excluding hydrogens is 107 g/mol. The van der Waals surface area contributed by atoms with Crippen molar-refractivity contribution in [2.75, 3.05) is 0 Å². The zero-order valence-corrected chi connectivity index (χ0v) is 2.99. The van der Waals surface area contributed by atoms with Gasteiger partial charge in [0.05, 0.1) is 0 Å². The molecule has 0 aromatic rings. The standard InChI is InChI=1S/C2H6N2O.K.H/c1-2(5)4-3;;/h3H2,1H3,(H,4,5);;. The summed E-state index contributed by atoms with van der Waals surface area (Å²) >= 11 is 0. The first-order chi connectivity index (χ1) is 2.27. The van der Waals surface area contributed by atoms with Crippen molar-refractivity contribution in [3.05, 3.63) is 0 Å². The molecule has 0 fully saturated rings. The number of carbonyl (C=O) groups excluding carboxylic acids is 1. The van der Waals surface area contributed by atoms with Gasteiger partial charge in [-0.15, -0.1) is 0 Å². The fourth-order valence-corrected chi connectivity index (χ4v) is 0. The predicted octanol–water partition coefficient (Wildman–Crippen LogP) is -1.65. The van der Waals surface area contributed by atoms with E-state index < -0.39 is 0 Å². The number of amides is 1. The van der Waals surface area contributed by atoms with E-state index in [2.05, 4.69) is 5.84 Å². The third kappa shape index (κ3) is 8.91. The van der Waals surface area contributed by atoms with Gasteiger partial charge in [-0.2, -0.15) is 0 Å². The Balaban J connectivity index is 0. The molecule has 4 heteroatoms. The summed E-state index contributed by atoms with van der Waals surface area (Å²) in [5.41, 5.74) is 1.89. The molecule has 0 saturated heterocycles. The van der Waals surface area contributed by atoms with E-state index in [4.69, 9.17) is 0 Å². The molecule has 3 N–H and O–H groups in total. The molecule has 0 atom stereocenters. The molecule has 32 valence electrons. The van der Waals surface area contributed by atoms with Crippen LogP contribution in [0.3, 0.4) is 0 Å². The van der Waals surface area contributed by atoms with Crippen molar-refractivity contribution in [2.45, 2.75) is 6.92 Å². The Morgan fingerprint density at radius 1 is 1.83 bits per heavy atom. The number of carbonyl (C=O) groups is 1. The quantitative estimate of drug-likeness (QED) is 0.171. The van der Waals surface area contributed by atoms with Crippen LogP contribution in [0.5, 0.6) is 0 Å². The molecule has 0 heterocycles. The zero-order valence-electron chi connectivity index (χ0n) is 2.99. The van der Waals surface area contributed by atoms with E-state index in [0.717, 1.165) is 0 Å². The number of rotatable bonds is 0. The molecule has 0 radical (unpaired) electrons. The van der Waals surface area contributed by atoms with Crippen LogP contribution >= 0.6 is 0 Å². The molecule has 0 aromatic carbocycles. The molecule has 0 aliphatic carbocycles. The Bertz CT molecular complexity index is 46.8. The van der Waals surface area contributed by atoms with Gasteiger partial charge in [0, 0.05) is 6.92 Å². The summed E-state index contributed by atoms with van der Waals surface area (Å²) in [6.45, 7) is 1.35. The van der Waals surface area contributed by atoms with Gasteiger partial charge in [-0.3, -0.25) is 10.2 Å². The summed E-state index contributed by atoms with van der Waals surface area (Å²) in [4.78, 5) is 9.58. The first-order valence-corrected chi connectivity index (χ1v) is 1.24. The molecule has 0 bridgehead atoms. The van der Waals surface area contributed by atoms with Crippen molar-refractivity contribution in [2.24, 2.45) is 5.84 Å². The van der Waals surface area contributed by atoms with Gasteiger partial charge in [0.25, 0.3) is 0 Å². The molecule has 6 heavy (non-hydrogen) atoms. The van der Waals surface area contributed by atoms with Crippen molar-refractivity contribution < 1.29 is 4.79 Å². The summed E-state index contributed by atoms with van der Waals surface area (Å²) in [5.74, 6) is 4.35. The van der Waals surface area contributed by atoms with Crippen LogP contribution in [-0.4, -0.2) is 57.3 Å². The average Bonchev–Trinajstić information content (AvgIpc) is 1.38. The van der Waals surface area contributed by atoms with Crippen LogP contribution in [0.25, 0.3) is 0 Å². The van der Waals surface area contributed by atoms with Crippen LogP contribution in [0.4, 0.5) is 0 Å². The van der Waals surface area contributed by atoms with Crippen molar-refractivity contribution in [1.82, 2.24) is 5.43 Å². The SMILES string of the molecule is CC(=O)NN.[KH]. The van der Waals surface area contributed by atoms with Gasteiger partial charge in [-0.25, -0.2) is 5.84 Å². The molecule has 3 nitrogen and oxygen atoms in total. The third-order valence-corrected chi connectivity index (χ3v) is 0.203. The van der Waals surface area contributed by atoms with Crippen LogP contribution in [0.1, 0.15) is 6.92 Å². The van der Waals surface area contributed by atoms with E-state index in [9.17, 15) is 4.79 Å². The maximum atomic E-state index is 9.58. The second kappa shape index (κ2) is 6.07. The molecule has 0 aliphatic heterocycles. The number of nitrogens with one attached hydrogen (secondary N) is 1. The minimum atomic E-state index is -0.218. The van der Waals surface area contributed by atoms with Crippen molar-refractivity contribution in [3.8, 4) is 0 Å². The summed E-state index contributed by atoms with van der Waals surface area (Å²) in [5, 5.41) is 0. The Morgan fingerprint density at radius 3 is 2.00 bits per heavy atom. The van der Waals surface area contributed by atoms with Gasteiger partial charge >= 0.3 is 51.4 Å². The summed E-state index contributed by atoms with van der Waals surface area (Å²) in [6.07, 6.45) is 0. The zero-order chi connectivity index (χ0) is 4.28. The summed E-state index contributed by atoms with van der Waals surface area (Å²) in [7, 11) is 0. The van der Waals surface area contributed by atoms with E-state index >= 15 is 0 Å². The fraction of sp³-hybridized carbons (Fsp3) is 0.500. The number of hydrogen-bond acceptors (Lipinski definition) is 2. The van der Waals surface area contributed by atoms with E-state index in [1.807, 2.05) is 5.43 Å². The normalized spacial score (nSPS) is 5.67. The molecule has 0 unspecified atom stereocenters. The van der Waals surface area contributed by atoms with Gasteiger partial charge in [0.1, 0.15) is 0 Å². The number of hydrogen-bond donors (Lipinski definition) is 2. The first-order valence-electron chi connectivity index (χ1n) is 1.24. The molecule has 0 rings (SSSR count). The monoisotopic (exact) mass is 114 g/mol. The van der Waals surface area contributed by atoms with E-state index in [1.54, 1.807) is 0 Å². The second-order valence-electron chi connectivity index (χ2n) is 0.701. The molecule has 0 aliphatic rings. The number of hydrazine groups is 1. The van der Waals surface area contributed by atoms with Crippen molar-refractivity contribution in [1.29, 1.82) is 0 Å². The van der Waals surface area contributed by atoms with E-state index in [-0.39, 0.29) is 57.3 Å². The Labute approximate surface area is 79.0 Å². The van der Waals surface area contributed by atoms with Crippen LogP contribution < -0.4 is 11.3 Å². The van der Waals surface area contributed by atoms with Crippen molar-refractivity contribution in [3.63, 3.8) is 0 Å². The first kappa shape index (κ1) is 10.1. The maximum absolute atomic E-state index is 9.58. The molecule has 0 saturated carbocycles. The molecular formula is C2H7KN2O. The van der Waals surface area contributed by atoms with Crippen LogP contribution in [0, 0.1) is 0 Å². The Kier molecular flexibility index (Phi) is 10.2. The van der Waals surface area contributed by atoms with Gasteiger partial charge in [0.2, 0.25) is 5.91 Å². The molecule has 0 aromatic heterocycles. The van der Waals surface area contributed by atoms with Crippen LogP contribution in [0.15, 0.2) is 0 Å². The van der Waals surface area contributed by atoms with Gasteiger partial charge in [0.15, 0.2) is 0 Å². The van der Waals surface area contributed by atoms with Crippen molar-refractivity contribution >= 4 is 57.3 Å².